The number of rotatable bonds is 5. The second kappa shape index (κ2) is 8.90. The Morgan fingerprint density at radius 3 is 2.33 bits per heavy atom. The zero-order valence-corrected chi connectivity index (χ0v) is 17.3. The van der Waals surface area contributed by atoms with E-state index in [1.165, 1.54) is 5.56 Å². The van der Waals surface area contributed by atoms with Crippen molar-refractivity contribution in [1.29, 1.82) is 0 Å². The number of piperazine rings is 1. The van der Waals surface area contributed by atoms with Gasteiger partial charge >= 0.3 is 0 Å². The van der Waals surface area contributed by atoms with E-state index < -0.39 is 0 Å². The first kappa shape index (κ1) is 19.8. The first-order valence-electron chi connectivity index (χ1n) is 10.3. The number of carbonyl (C=O) groups excluding carboxylic acids is 1. The van der Waals surface area contributed by atoms with Gasteiger partial charge in [-0.05, 0) is 45.7 Å². The molecule has 1 fully saturated rings. The molecule has 0 spiro atoms. The molecule has 7 nitrogen and oxygen atoms in total. The predicted octanol–water partition coefficient (Wildman–Crippen LogP) is 3.15. The van der Waals surface area contributed by atoms with Gasteiger partial charge < -0.3 is 9.80 Å². The van der Waals surface area contributed by atoms with Crippen LogP contribution in [0.2, 0.25) is 0 Å². The second-order valence-electron chi connectivity index (χ2n) is 7.69. The summed E-state index contributed by atoms with van der Waals surface area (Å²) in [5.41, 5.74) is 3.25. The van der Waals surface area contributed by atoms with E-state index in [0.717, 1.165) is 11.3 Å². The average molecular weight is 403 g/mol. The number of amides is 1. The topological polar surface area (TPSA) is 67.2 Å². The minimum atomic E-state index is 0.0326. The van der Waals surface area contributed by atoms with Gasteiger partial charge in [-0.3, -0.25) is 4.79 Å². The summed E-state index contributed by atoms with van der Waals surface area (Å²) in [5, 5.41) is 12.1. The molecule has 1 aliphatic rings. The standard InChI is InChI=1S/C23H26N6O/c1-18(2)20-11-8-19(9-12-20)10-13-22(30)27-14-16-28(17-15-27)23-24-25-26-29(23)21-6-4-3-5-7-21/h3-13,18H,14-17H2,1-2H3/b13-10+. The van der Waals surface area contributed by atoms with E-state index in [-0.39, 0.29) is 5.91 Å². The molecule has 1 aromatic heterocycles. The summed E-state index contributed by atoms with van der Waals surface area (Å²) in [6.07, 6.45) is 3.54. The molecule has 0 unspecified atom stereocenters. The minimum Gasteiger partial charge on any atom is -0.336 e. The number of anilines is 1. The summed E-state index contributed by atoms with van der Waals surface area (Å²) >= 11 is 0. The zero-order chi connectivity index (χ0) is 20.9. The van der Waals surface area contributed by atoms with Crippen LogP contribution in [-0.4, -0.2) is 57.2 Å². The Morgan fingerprint density at radius 1 is 0.967 bits per heavy atom. The lowest BCUT2D eigenvalue weighted by Crippen LogP contribution is -2.49. The highest BCUT2D eigenvalue weighted by atomic mass is 16.2. The van der Waals surface area contributed by atoms with Crippen LogP contribution >= 0.6 is 0 Å². The summed E-state index contributed by atoms with van der Waals surface area (Å²) in [7, 11) is 0. The van der Waals surface area contributed by atoms with E-state index in [1.54, 1.807) is 10.8 Å². The molecule has 0 saturated carbocycles. The van der Waals surface area contributed by atoms with Crippen molar-refractivity contribution in [1.82, 2.24) is 25.1 Å². The number of hydrogen-bond donors (Lipinski definition) is 0. The molecule has 2 aromatic carbocycles. The maximum absolute atomic E-state index is 12.6. The van der Waals surface area contributed by atoms with Gasteiger partial charge in [0.1, 0.15) is 0 Å². The van der Waals surface area contributed by atoms with Gasteiger partial charge in [-0.15, -0.1) is 0 Å². The van der Waals surface area contributed by atoms with Gasteiger partial charge in [-0.2, -0.15) is 4.68 Å². The Kier molecular flexibility index (Phi) is 5.88. The molecule has 0 atom stereocenters. The lowest BCUT2D eigenvalue weighted by atomic mass is 10.0. The Bertz CT molecular complexity index is 1000. The molecule has 7 heteroatoms. The largest absolute Gasteiger partial charge is 0.336 e. The number of para-hydroxylation sites is 1. The number of hydrogen-bond acceptors (Lipinski definition) is 5. The minimum absolute atomic E-state index is 0.0326. The molecule has 1 saturated heterocycles. The van der Waals surface area contributed by atoms with Crippen molar-refractivity contribution in [3.63, 3.8) is 0 Å². The smallest absolute Gasteiger partial charge is 0.250 e. The van der Waals surface area contributed by atoms with Crippen LogP contribution in [0.4, 0.5) is 5.95 Å². The summed E-state index contributed by atoms with van der Waals surface area (Å²) in [6, 6.07) is 18.2. The Balaban J connectivity index is 1.36. The number of aromatic nitrogens is 4. The van der Waals surface area contributed by atoms with Gasteiger partial charge in [0, 0.05) is 32.3 Å². The van der Waals surface area contributed by atoms with E-state index in [9.17, 15) is 4.79 Å². The van der Waals surface area contributed by atoms with E-state index in [1.807, 2.05) is 41.3 Å². The molecular weight excluding hydrogens is 376 g/mol. The number of nitrogens with zero attached hydrogens (tertiary/aromatic N) is 6. The average Bonchev–Trinajstić information content (AvgIpc) is 3.28. The molecule has 30 heavy (non-hydrogen) atoms. The van der Waals surface area contributed by atoms with Crippen molar-refractivity contribution in [2.45, 2.75) is 19.8 Å². The van der Waals surface area contributed by atoms with E-state index in [2.05, 4.69) is 58.5 Å². The molecule has 1 amide bonds. The third-order valence-electron chi connectivity index (χ3n) is 5.35. The van der Waals surface area contributed by atoms with Crippen LogP contribution in [0.3, 0.4) is 0 Å². The first-order chi connectivity index (χ1) is 14.6. The Morgan fingerprint density at radius 2 is 1.67 bits per heavy atom. The fraction of sp³-hybridized carbons (Fsp3) is 0.304. The van der Waals surface area contributed by atoms with Crippen LogP contribution in [0.15, 0.2) is 60.7 Å². The highest BCUT2D eigenvalue weighted by Gasteiger charge is 2.23. The number of tetrazole rings is 1. The third kappa shape index (κ3) is 4.40. The van der Waals surface area contributed by atoms with Crippen LogP contribution < -0.4 is 4.90 Å². The summed E-state index contributed by atoms with van der Waals surface area (Å²) in [6.45, 7) is 7.00. The molecule has 3 aromatic rings. The lowest BCUT2D eigenvalue weighted by molar-refractivity contribution is -0.126. The molecule has 0 aliphatic carbocycles. The van der Waals surface area contributed by atoms with Crippen molar-refractivity contribution in [2.75, 3.05) is 31.1 Å². The maximum atomic E-state index is 12.6. The second-order valence-corrected chi connectivity index (χ2v) is 7.69. The first-order valence-corrected chi connectivity index (χ1v) is 10.3. The van der Waals surface area contributed by atoms with Crippen molar-refractivity contribution >= 4 is 17.9 Å². The highest BCUT2D eigenvalue weighted by molar-refractivity contribution is 5.92. The third-order valence-corrected chi connectivity index (χ3v) is 5.35. The molecule has 0 N–H and O–H groups in total. The van der Waals surface area contributed by atoms with Crippen molar-refractivity contribution in [3.05, 3.63) is 71.8 Å². The van der Waals surface area contributed by atoms with Gasteiger partial charge in [-0.25, -0.2) is 0 Å². The van der Waals surface area contributed by atoms with E-state index in [4.69, 9.17) is 0 Å². The fourth-order valence-electron chi connectivity index (χ4n) is 3.51. The van der Waals surface area contributed by atoms with Crippen molar-refractivity contribution in [3.8, 4) is 5.69 Å². The van der Waals surface area contributed by atoms with Crippen LogP contribution in [0, 0.1) is 0 Å². The summed E-state index contributed by atoms with van der Waals surface area (Å²) < 4.78 is 1.73. The normalized spacial score (nSPS) is 14.6. The van der Waals surface area contributed by atoms with Gasteiger partial charge in [0.2, 0.25) is 11.9 Å². The molecule has 4 rings (SSSR count). The molecule has 0 bridgehead atoms. The van der Waals surface area contributed by atoms with Gasteiger partial charge in [0.15, 0.2) is 0 Å². The van der Waals surface area contributed by atoms with Gasteiger partial charge in [0.25, 0.3) is 0 Å². The van der Waals surface area contributed by atoms with E-state index >= 15 is 0 Å². The van der Waals surface area contributed by atoms with Crippen molar-refractivity contribution in [2.24, 2.45) is 0 Å². The van der Waals surface area contributed by atoms with Crippen LogP contribution in [-0.2, 0) is 4.79 Å². The SMILES string of the molecule is CC(C)c1ccc(/C=C/C(=O)N2CCN(c3nnnn3-c3ccccc3)CC2)cc1. The Hall–Kier alpha value is -3.48. The molecular formula is C23H26N6O. The molecule has 154 valence electrons. The van der Waals surface area contributed by atoms with Gasteiger partial charge in [-0.1, -0.05) is 61.4 Å². The highest BCUT2D eigenvalue weighted by Crippen LogP contribution is 2.18. The summed E-state index contributed by atoms with van der Waals surface area (Å²) in [4.78, 5) is 16.6. The van der Waals surface area contributed by atoms with Crippen LogP contribution in [0.1, 0.15) is 30.9 Å². The maximum Gasteiger partial charge on any atom is 0.250 e. The van der Waals surface area contributed by atoms with Crippen LogP contribution in [0.5, 0.6) is 0 Å². The van der Waals surface area contributed by atoms with Crippen molar-refractivity contribution < 1.29 is 4.79 Å². The lowest BCUT2D eigenvalue weighted by Gasteiger charge is -2.34. The summed E-state index contributed by atoms with van der Waals surface area (Å²) in [5.74, 6) is 1.24. The predicted molar refractivity (Wildman–Crippen MR) is 118 cm³/mol. The molecule has 0 radical (unpaired) electrons. The quantitative estimate of drug-likeness (QED) is 0.614. The number of carbonyl (C=O) groups is 1. The Labute approximate surface area is 176 Å². The molecule has 2 heterocycles. The fourth-order valence-corrected chi connectivity index (χ4v) is 3.51. The van der Waals surface area contributed by atoms with Gasteiger partial charge in [0.05, 0.1) is 5.69 Å². The monoisotopic (exact) mass is 402 g/mol. The molecule has 1 aliphatic heterocycles. The van der Waals surface area contributed by atoms with Crippen LogP contribution in [0.25, 0.3) is 11.8 Å². The number of benzene rings is 2. The van der Waals surface area contributed by atoms with E-state index in [0.29, 0.717) is 38.0 Å². The zero-order valence-electron chi connectivity index (χ0n) is 17.3.